The molecule has 0 spiro atoms. The fourth-order valence-corrected chi connectivity index (χ4v) is 1.59. The molecule has 0 saturated carbocycles. The lowest BCUT2D eigenvalue weighted by Gasteiger charge is -2.19. The van der Waals surface area contributed by atoms with Crippen LogP contribution in [0, 0.1) is 5.92 Å². The minimum Gasteiger partial charge on any atom is -0.395 e. The predicted molar refractivity (Wildman–Crippen MR) is 70.7 cm³/mol. The van der Waals surface area contributed by atoms with Gasteiger partial charge >= 0.3 is 0 Å². The van der Waals surface area contributed by atoms with Crippen molar-refractivity contribution in [1.29, 1.82) is 0 Å². The molecule has 0 saturated heterocycles. The van der Waals surface area contributed by atoms with E-state index in [1.807, 2.05) is 6.08 Å². The summed E-state index contributed by atoms with van der Waals surface area (Å²) in [4.78, 5) is 2.23. The number of nitrogens with zero attached hydrogens (tertiary/aromatic N) is 1. The van der Waals surface area contributed by atoms with Gasteiger partial charge in [-0.15, -0.1) is 6.58 Å². The van der Waals surface area contributed by atoms with Crippen LogP contribution in [0.1, 0.15) is 26.7 Å². The highest BCUT2D eigenvalue weighted by molar-refractivity contribution is 4.73. The SMILES string of the molecule is C=CCN(CCO)CCCCNCC(C)C. The third-order valence-corrected chi connectivity index (χ3v) is 2.43. The summed E-state index contributed by atoms with van der Waals surface area (Å²) < 4.78 is 0. The summed E-state index contributed by atoms with van der Waals surface area (Å²) in [5, 5.41) is 12.3. The van der Waals surface area contributed by atoms with Gasteiger partial charge in [0.05, 0.1) is 6.61 Å². The quantitative estimate of drug-likeness (QED) is 0.415. The molecular weight excluding hydrogens is 200 g/mol. The maximum Gasteiger partial charge on any atom is 0.0558 e. The van der Waals surface area contributed by atoms with E-state index in [0.717, 1.165) is 38.6 Å². The first kappa shape index (κ1) is 15.6. The summed E-state index contributed by atoms with van der Waals surface area (Å²) in [5.74, 6) is 0.728. The Hall–Kier alpha value is -0.380. The lowest BCUT2D eigenvalue weighted by Crippen LogP contribution is -2.29. The van der Waals surface area contributed by atoms with Gasteiger partial charge in [-0.05, 0) is 38.4 Å². The third-order valence-electron chi connectivity index (χ3n) is 2.43. The van der Waals surface area contributed by atoms with Crippen molar-refractivity contribution in [3.63, 3.8) is 0 Å². The molecule has 0 aliphatic rings. The standard InChI is InChI=1S/C13H28N2O/c1-4-8-15(10-11-16)9-6-5-7-14-12-13(2)3/h4,13-14,16H,1,5-12H2,2-3H3. The molecule has 0 unspecified atom stereocenters. The number of aliphatic hydroxyl groups excluding tert-OH is 1. The number of nitrogens with one attached hydrogen (secondary N) is 1. The number of rotatable bonds is 11. The summed E-state index contributed by atoms with van der Waals surface area (Å²) in [6.45, 7) is 13.3. The van der Waals surface area contributed by atoms with Crippen LogP contribution in [0.2, 0.25) is 0 Å². The van der Waals surface area contributed by atoms with Gasteiger partial charge in [-0.2, -0.15) is 0 Å². The summed E-state index contributed by atoms with van der Waals surface area (Å²) in [5.41, 5.74) is 0. The van der Waals surface area contributed by atoms with Crippen LogP contribution in [0.5, 0.6) is 0 Å². The summed E-state index contributed by atoms with van der Waals surface area (Å²) in [6, 6.07) is 0. The number of hydrogen-bond acceptors (Lipinski definition) is 3. The second-order valence-corrected chi connectivity index (χ2v) is 4.62. The lowest BCUT2D eigenvalue weighted by atomic mass is 10.2. The van der Waals surface area contributed by atoms with Crippen LogP contribution in [-0.2, 0) is 0 Å². The van der Waals surface area contributed by atoms with Crippen LogP contribution >= 0.6 is 0 Å². The first-order valence-corrected chi connectivity index (χ1v) is 6.35. The molecule has 0 aliphatic carbocycles. The van der Waals surface area contributed by atoms with E-state index in [1.54, 1.807) is 0 Å². The van der Waals surface area contributed by atoms with Crippen LogP contribution < -0.4 is 5.32 Å². The molecule has 0 aromatic heterocycles. The van der Waals surface area contributed by atoms with E-state index in [0.29, 0.717) is 0 Å². The molecule has 3 nitrogen and oxygen atoms in total. The van der Waals surface area contributed by atoms with Crippen molar-refractivity contribution in [2.24, 2.45) is 5.92 Å². The molecule has 0 amide bonds. The van der Waals surface area contributed by atoms with Gasteiger partial charge in [0.15, 0.2) is 0 Å². The molecule has 0 bridgehead atoms. The zero-order chi connectivity index (χ0) is 12.2. The fraction of sp³-hybridized carbons (Fsp3) is 0.846. The zero-order valence-electron chi connectivity index (χ0n) is 10.9. The molecule has 0 aliphatic heterocycles. The van der Waals surface area contributed by atoms with Gasteiger partial charge in [0.2, 0.25) is 0 Å². The van der Waals surface area contributed by atoms with Gasteiger partial charge < -0.3 is 10.4 Å². The number of unbranched alkanes of at least 4 members (excludes halogenated alkanes) is 1. The molecule has 96 valence electrons. The first-order valence-electron chi connectivity index (χ1n) is 6.35. The van der Waals surface area contributed by atoms with Gasteiger partial charge in [-0.1, -0.05) is 19.9 Å². The Morgan fingerprint density at radius 1 is 1.31 bits per heavy atom. The molecule has 0 fully saturated rings. The van der Waals surface area contributed by atoms with Crippen LogP contribution in [0.3, 0.4) is 0 Å². The maximum absolute atomic E-state index is 8.88. The molecule has 16 heavy (non-hydrogen) atoms. The monoisotopic (exact) mass is 228 g/mol. The van der Waals surface area contributed by atoms with Crippen molar-refractivity contribution in [2.45, 2.75) is 26.7 Å². The molecule has 3 heteroatoms. The Morgan fingerprint density at radius 3 is 2.62 bits per heavy atom. The Balaban J connectivity index is 3.35. The van der Waals surface area contributed by atoms with Crippen LogP contribution in [-0.4, -0.2) is 49.3 Å². The molecule has 0 radical (unpaired) electrons. The topological polar surface area (TPSA) is 35.5 Å². The highest BCUT2D eigenvalue weighted by Crippen LogP contribution is 1.95. The molecule has 0 atom stereocenters. The van der Waals surface area contributed by atoms with E-state index < -0.39 is 0 Å². The molecule has 0 aromatic rings. The smallest absolute Gasteiger partial charge is 0.0558 e. The van der Waals surface area contributed by atoms with Crippen molar-refractivity contribution < 1.29 is 5.11 Å². The van der Waals surface area contributed by atoms with E-state index in [9.17, 15) is 0 Å². The number of hydrogen-bond donors (Lipinski definition) is 2. The van der Waals surface area contributed by atoms with Crippen molar-refractivity contribution in [3.8, 4) is 0 Å². The molecule has 0 rings (SSSR count). The van der Waals surface area contributed by atoms with E-state index in [1.165, 1.54) is 12.8 Å². The fourth-order valence-electron chi connectivity index (χ4n) is 1.59. The van der Waals surface area contributed by atoms with Crippen LogP contribution in [0.15, 0.2) is 12.7 Å². The molecular formula is C13H28N2O. The average molecular weight is 228 g/mol. The van der Waals surface area contributed by atoms with Gasteiger partial charge in [-0.25, -0.2) is 0 Å². The lowest BCUT2D eigenvalue weighted by molar-refractivity contribution is 0.206. The van der Waals surface area contributed by atoms with Crippen molar-refractivity contribution in [1.82, 2.24) is 10.2 Å². The Kier molecular flexibility index (Phi) is 10.9. The molecule has 0 heterocycles. The van der Waals surface area contributed by atoms with E-state index in [2.05, 4.69) is 30.6 Å². The second kappa shape index (κ2) is 11.1. The van der Waals surface area contributed by atoms with Crippen LogP contribution in [0.4, 0.5) is 0 Å². The summed E-state index contributed by atoms with van der Waals surface area (Å²) in [6.07, 6.45) is 4.28. The van der Waals surface area contributed by atoms with Crippen molar-refractivity contribution >= 4 is 0 Å². The Labute approximate surface area is 101 Å². The largest absolute Gasteiger partial charge is 0.395 e. The first-order chi connectivity index (χ1) is 7.70. The van der Waals surface area contributed by atoms with Crippen LogP contribution in [0.25, 0.3) is 0 Å². The van der Waals surface area contributed by atoms with Gasteiger partial charge in [0.25, 0.3) is 0 Å². The highest BCUT2D eigenvalue weighted by Gasteiger charge is 2.01. The van der Waals surface area contributed by atoms with E-state index in [4.69, 9.17) is 5.11 Å². The maximum atomic E-state index is 8.88. The van der Waals surface area contributed by atoms with Gasteiger partial charge in [0, 0.05) is 13.1 Å². The van der Waals surface area contributed by atoms with E-state index in [-0.39, 0.29) is 6.61 Å². The van der Waals surface area contributed by atoms with Crippen molar-refractivity contribution in [2.75, 3.05) is 39.3 Å². The van der Waals surface area contributed by atoms with E-state index >= 15 is 0 Å². The minimum atomic E-state index is 0.236. The Bertz CT molecular complexity index is 160. The predicted octanol–water partition coefficient (Wildman–Crippen LogP) is 1.49. The minimum absolute atomic E-state index is 0.236. The zero-order valence-corrected chi connectivity index (χ0v) is 10.9. The van der Waals surface area contributed by atoms with Gasteiger partial charge in [0.1, 0.15) is 0 Å². The third kappa shape index (κ3) is 10.1. The summed E-state index contributed by atoms with van der Waals surface area (Å²) in [7, 11) is 0. The average Bonchev–Trinajstić information content (AvgIpc) is 2.23. The molecule has 2 N–H and O–H groups in total. The number of aliphatic hydroxyl groups is 1. The molecule has 0 aromatic carbocycles. The normalized spacial score (nSPS) is 11.3. The highest BCUT2D eigenvalue weighted by atomic mass is 16.3. The summed E-state index contributed by atoms with van der Waals surface area (Å²) >= 11 is 0. The van der Waals surface area contributed by atoms with Gasteiger partial charge in [-0.3, -0.25) is 4.90 Å². The Morgan fingerprint density at radius 2 is 2.06 bits per heavy atom. The second-order valence-electron chi connectivity index (χ2n) is 4.62. The van der Waals surface area contributed by atoms with Crippen molar-refractivity contribution in [3.05, 3.63) is 12.7 Å².